The van der Waals surface area contributed by atoms with Gasteiger partial charge in [0.1, 0.15) is 9.84 Å². The fourth-order valence-corrected chi connectivity index (χ4v) is 3.74. The van der Waals surface area contributed by atoms with Crippen LogP contribution in [0.2, 0.25) is 0 Å². The van der Waals surface area contributed by atoms with Crippen LogP contribution in [0.3, 0.4) is 0 Å². The van der Waals surface area contributed by atoms with Gasteiger partial charge in [-0.1, -0.05) is 31.2 Å². The predicted octanol–water partition coefficient (Wildman–Crippen LogP) is 2.31. The van der Waals surface area contributed by atoms with Crippen molar-refractivity contribution in [3.63, 3.8) is 0 Å². The maximum atomic E-state index is 11.4. The Hall–Kier alpha value is -0.580. The van der Waals surface area contributed by atoms with E-state index in [1.165, 1.54) is 11.1 Å². The van der Waals surface area contributed by atoms with Crippen molar-refractivity contribution in [2.45, 2.75) is 31.2 Å². The standard InChI is InChI=1S/C14H20ClNO2S/c1-2-19(17,18)9-5-8-16-14-12-7-4-3-6-11(12)10-13(14)15/h3-4,6-7,13-14,16H,2,5,8-10H2,1H3. The largest absolute Gasteiger partial charge is 0.309 e. The van der Waals surface area contributed by atoms with Gasteiger partial charge in [-0.2, -0.15) is 0 Å². The third-order valence-corrected chi connectivity index (χ3v) is 5.80. The molecule has 2 rings (SSSR count). The van der Waals surface area contributed by atoms with E-state index in [4.69, 9.17) is 11.6 Å². The summed E-state index contributed by atoms with van der Waals surface area (Å²) < 4.78 is 22.8. The summed E-state index contributed by atoms with van der Waals surface area (Å²) in [6.45, 7) is 2.37. The number of hydrogen-bond donors (Lipinski definition) is 1. The molecule has 1 aromatic rings. The molecule has 0 aliphatic heterocycles. The minimum absolute atomic E-state index is 0.0557. The quantitative estimate of drug-likeness (QED) is 0.648. The minimum Gasteiger partial charge on any atom is -0.309 e. The van der Waals surface area contributed by atoms with E-state index >= 15 is 0 Å². The van der Waals surface area contributed by atoms with Crippen LogP contribution in [-0.2, 0) is 16.3 Å². The molecule has 0 fully saturated rings. The van der Waals surface area contributed by atoms with Crippen molar-refractivity contribution < 1.29 is 8.42 Å². The van der Waals surface area contributed by atoms with Gasteiger partial charge in [-0.05, 0) is 30.5 Å². The van der Waals surface area contributed by atoms with E-state index in [9.17, 15) is 8.42 Å². The SMILES string of the molecule is CCS(=O)(=O)CCCNC1c2ccccc2CC1Cl. The summed E-state index contributed by atoms with van der Waals surface area (Å²) in [5.41, 5.74) is 2.54. The molecule has 0 spiro atoms. The van der Waals surface area contributed by atoms with Crippen LogP contribution in [0.25, 0.3) is 0 Å². The molecule has 1 aliphatic carbocycles. The zero-order valence-corrected chi connectivity index (χ0v) is 12.7. The van der Waals surface area contributed by atoms with Crippen LogP contribution in [0.5, 0.6) is 0 Å². The predicted molar refractivity (Wildman–Crippen MR) is 79.5 cm³/mol. The van der Waals surface area contributed by atoms with Crippen LogP contribution in [0, 0.1) is 0 Å². The van der Waals surface area contributed by atoms with E-state index in [0.717, 1.165) is 6.42 Å². The van der Waals surface area contributed by atoms with Gasteiger partial charge in [0.05, 0.1) is 11.1 Å². The first-order valence-corrected chi connectivity index (χ1v) is 8.95. The number of hydrogen-bond acceptors (Lipinski definition) is 3. The van der Waals surface area contributed by atoms with Crippen molar-refractivity contribution in [3.05, 3.63) is 35.4 Å². The summed E-state index contributed by atoms with van der Waals surface area (Å²) in [5, 5.41) is 3.44. The highest BCUT2D eigenvalue weighted by molar-refractivity contribution is 7.91. The first-order chi connectivity index (χ1) is 9.03. The topological polar surface area (TPSA) is 46.2 Å². The zero-order valence-electron chi connectivity index (χ0n) is 11.1. The van der Waals surface area contributed by atoms with E-state index in [-0.39, 0.29) is 22.9 Å². The number of alkyl halides is 1. The average molecular weight is 302 g/mol. The number of halogens is 1. The Morgan fingerprint density at radius 3 is 2.84 bits per heavy atom. The van der Waals surface area contributed by atoms with Crippen molar-refractivity contribution in [1.29, 1.82) is 0 Å². The van der Waals surface area contributed by atoms with Gasteiger partial charge in [-0.15, -0.1) is 11.6 Å². The Kier molecular flexibility index (Phi) is 4.87. The lowest BCUT2D eigenvalue weighted by atomic mass is 10.1. The number of rotatable bonds is 6. The molecule has 2 atom stereocenters. The highest BCUT2D eigenvalue weighted by Gasteiger charge is 2.29. The second-order valence-electron chi connectivity index (χ2n) is 4.94. The van der Waals surface area contributed by atoms with Gasteiger partial charge in [0.15, 0.2) is 0 Å². The lowest BCUT2D eigenvalue weighted by Gasteiger charge is -2.17. The average Bonchev–Trinajstić information content (AvgIpc) is 2.71. The maximum absolute atomic E-state index is 11.4. The normalized spacial score (nSPS) is 22.4. The second-order valence-corrected chi connectivity index (χ2v) is 7.97. The summed E-state index contributed by atoms with van der Waals surface area (Å²) in [6.07, 6.45) is 1.51. The molecule has 0 aromatic heterocycles. The molecule has 0 saturated carbocycles. The molecule has 0 radical (unpaired) electrons. The molecule has 3 nitrogen and oxygen atoms in total. The fourth-order valence-electron chi connectivity index (χ4n) is 2.48. The van der Waals surface area contributed by atoms with Crippen LogP contribution in [0.15, 0.2) is 24.3 Å². The number of sulfone groups is 1. The van der Waals surface area contributed by atoms with Gasteiger partial charge < -0.3 is 5.32 Å². The number of nitrogens with one attached hydrogen (secondary N) is 1. The van der Waals surface area contributed by atoms with E-state index in [1.54, 1.807) is 6.92 Å². The van der Waals surface area contributed by atoms with Crippen molar-refractivity contribution in [3.8, 4) is 0 Å². The van der Waals surface area contributed by atoms with Crippen LogP contribution >= 0.6 is 11.6 Å². The minimum atomic E-state index is -2.86. The monoisotopic (exact) mass is 301 g/mol. The highest BCUT2D eigenvalue weighted by Crippen LogP contribution is 2.34. The van der Waals surface area contributed by atoms with Gasteiger partial charge in [0.25, 0.3) is 0 Å². The number of benzene rings is 1. The summed E-state index contributed by atoms with van der Waals surface area (Å²) >= 11 is 6.36. The van der Waals surface area contributed by atoms with Gasteiger partial charge >= 0.3 is 0 Å². The van der Waals surface area contributed by atoms with Crippen molar-refractivity contribution >= 4 is 21.4 Å². The van der Waals surface area contributed by atoms with E-state index in [0.29, 0.717) is 13.0 Å². The Morgan fingerprint density at radius 2 is 2.11 bits per heavy atom. The molecule has 1 aliphatic rings. The fraction of sp³-hybridized carbons (Fsp3) is 0.571. The second kappa shape index (κ2) is 6.25. The van der Waals surface area contributed by atoms with E-state index in [1.807, 2.05) is 12.1 Å². The molecular weight excluding hydrogens is 282 g/mol. The van der Waals surface area contributed by atoms with E-state index in [2.05, 4.69) is 17.4 Å². The summed E-state index contributed by atoms with van der Waals surface area (Å²) in [6, 6.07) is 8.39. The van der Waals surface area contributed by atoms with E-state index < -0.39 is 9.84 Å². The Balaban J connectivity index is 1.87. The van der Waals surface area contributed by atoms with Crippen LogP contribution in [0.1, 0.15) is 30.5 Å². The van der Waals surface area contributed by atoms with Gasteiger partial charge in [-0.3, -0.25) is 0 Å². The van der Waals surface area contributed by atoms with Gasteiger partial charge in [0.2, 0.25) is 0 Å². The zero-order chi connectivity index (χ0) is 13.9. The molecule has 1 N–H and O–H groups in total. The molecule has 5 heteroatoms. The summed E-state index contributed by atoms with van der Waals surface area (Å²) in [7, 11) is -2.86. The lowest BCUT2D eigenvalue weighted by molar-refractivity contribution is 0.531. The molecular formula is C14H20ClNO2S. The van der Waals surface area contributed by atoms with Crippen molar-refractivity contribution in [2.75, 3.05) is 18.1 Å². The van der Waals surface area contributed by atoms with Crippen LogP contribution < -0.4 is 5.32 Å². The smallest absolute Gasteiger partial charge is 0.150 e. The number of fused-ring (bicyclic) bond motifs is 1. The third-order valence-electron chi connectivity index (χ3n) is 3.60. The molecule has 0 amide bonds. The van der Waals surface area contributed by atoms with Crippen molar-refractivity contribution in [2.24, 2.45) is 0 Å². The Labute approximate surface area is 120 Å². The molecule has 0 saturated heterocycles. The first-order valence-electron chi connectivity index (χ1n) is 6.69. The maximum Gasteiger partial charge on any atom is 0.150 e. The van der Waals surface area contributed by atoms with Crippen LogP contribution in [-0.4, -0.2) is 31.8 Å². The first kappa shape index (κ1) is 14.8. The molecule has 2 unspecified atom stereocenters. The molecule has 19 heavy (non-hydrogen) atoms. The molecule has 106 valence electrons. The third kappa shape index (κ3) is 3.71. The van der Waals surface area contributed by atoms with Crippen molar-refractivity contribution in [1.82, 2.24) is 5.32 Å². The Bertz CT molecular complexity index is 530. The summed E-state index contributed by atoms with van der Waals surface area (Å²) in [4.78, 5) is 0. The molecule has 1 aromatic carbocycles. The Morgan fingerprint density at radius 1 is 1.37 bits per heavy atom. The molecule has 0 heterocycles. The lowest BCUT2D eigenvalue weighted by Crippen LogP contribution is -2.28. The van der Waals surface area contributed by atoms with Gasteiger partial charge in [-0.25, -0.2) is 8.42 Å². The molecule has 0 bridgehead atoms. The van der Waals surface area contributed by atoms with Crippen LogP contribution in [0.4, 0.5) is 0 Å². The summed E-state index contributed by atoms with van der Waals surface area (Å²) in [5.74, 6) is 0.467. The highest BCUT2D eigenvalue weighted by atomic mass is 35.5. The van der Waals surface area contributed by atoms with Gasteiger partial charge in [0, 0.05) is 11.8 Å².